The van der Waals surface area contributed by atoms with Crippen LogP contribution in [0.15, 0.2) is 0 Å². The average molecular weight is 201 g/mol. The van der Waals surface area contributed by atoms with Gasteiger partial charge in [-0.3, -0.25) is 9.59 Å². The number of carbonyl (C=O) groups is 2. The molecule has 0 amide bonds. The van der Waals surface area contributed by atoms with Crippen LogP contribution in [-0.2, 0) is 9.59 Å². The summed E-state index contributed by atoms with van der Waals surface area (Å²) in [5.74, 6) is -1.18. The van der Waals surface area contributed by atoms with Crippen LogP contribution in [0.3, 0.4) is 0 Å². The Morgan fingerprint density at radius 1 is 1.07 bits per heavy atom. The molecular formula is C9H19N3O2. The minimum Gasteiger partial charge on any atom is -0.330 e. The molecular weight excluding hydrogens is 182 g/mol. The van der Waals surface area contributed by atoms with E-state index in [0.29, 0.717) is 19.4 Å². The molecule has 0 aromatic rings. The number of hydrogen-bond donors (Lipinski definition) is 3. The zero-order valence-corrected chi connectivity index (χ0v) is 8.53. The van der Waals surface area contributed by atoms with Gasteiger partial charge in [-0.25, -0.2) is 0 Å². The first-order valence-electron chi connectivity index (χ1n) is 4.83. The molecule has 0 saturated heterocycles. The fraction of sp³-hybridized carbons (Fsp3) is 0.778. The molecule has 82 valence electrons. The maximum atomic E-state index is 11.4. The summed E-state index contributed by atoms with van der Waals surface area (Å²) >= 11 is 0. The minimum atomic E-state index is -0.796. The molecule has 6 N–H and O–H groups in total. The molecule has 0 aromatic carbocycles. The van der Waals surface area contributed by atoms with Crippen molar-refractivity contribution in [1.29, 1.82) is 0 Å². The lowest BCUT2D eigenvalue weighted by molar-refractivity contribution is -0.138. The molecule has 1 unspecified atom stereocenters. The molecule has 0 spiro atoms. The van der Waals surface area contributed by atoms with E-state index in [-0.39, 0.29) is 0 Å². The summed E-state index contributed by atoms with van der Waals surface area (Å²) < 4.78 is 0. The second-order valence-electron chi connectivity index (χ2n) is 3.31. The largest absolute Gasteiger partial charge is 0.330 e. The average Bonchev–Trinajstić information content (AvgIpc) is 2.16. The molecule has 0 bridgehead atoms. The molecule has 0 aliphatic rings. The molecule has 0 saturated carbocycles. The maximum Gasteiger partial charge on any atom is 0.216 e. The van der Waals surface area contributed by atoms with Crippen LogP contribution in [-0.4, -0.2) is 30.2 Å². The first-order chi connectivity index (χ1) is 6.54. The van der Waals surface area contributed by atoms with Crippen molar-refractivity contribution in [3.8, 4) is 0 Å². The normalized spacial score (nSPS) is 14.9. The Balaban J connectivity index is 4.17. The van der Waals surface area contributed by atoms with Crippen molar-refractivity contribution in [2.24, 2.45) is 17.2 Å². The second kappa shape index (κ2) is 6.64. The van der Waals surface area contributed by atoms with Crippen molar-refractivity contribution in [1.82, 2.24) is 0 Å². The number of carbonyl (C=O) groups excluding carboxylic acids is 2. The number of rotatable bonds is 7. The molecule has 0 aliphatic carbocycles. The van der Waals surface area contributed by atoms with Crippen molar-refractivity contribution in [2.75, 3.05) is 6.54 Å². The van der Waals surface area contributed by atoms with Gasteiger partial charge in [-0.15, -0.1) is 0 Å². The highest BCUT2D eigenvalue weighted by Gasteiger charge is 2.25. The Morgan fingerprint density at radius 2 is 1.50 bits per heavy atom. The summed E-state index contributed by atoms with van der Waals surface area (Å²) in [5.41, 5.74) is 16.2. The number of ketones is 2. The molecule has 0 fully saturated rings. The minimum absolute atomic E-state index is 0.295. The summed E-state index contributed by atoms with van der Waals surface area (Å²) in [5, 5.41) is 0. The topological polar surface area (TPSA) is 112 Å². The van der Waals surface area contributed by atoms with E-state index in [2.05, 4.69) is 0 Å². The van der Waals surface area contributed by atoms with Crippen LogP contribution in [0.5, 0.6) is 0 Å². The standard InChI is InChI=1S/C9H19N3O2/c1-2-3-6(11)8(13)9(14)7(12)4-5-10/h6-7H,2-5,10-12H2,1H3/t6-,7?/m0/s1. The van der Waals surface area contributed by atoms with E-state index in [1.807, 2.05) is 6.92 Å². The summed E-state index contributed by atoms with van der Waals surface area (Å²) in [6.45, 7) is 2.20. The van der Waals surface area contributed by atoms with Gasteiger partial charge in [-0.05, 0) is 19.4 Å². The highest BCUT2D eigenvalue weighted by molar-refractivity contribution is 6.40. The summed E-state index contributed by atoms with van der Waals surface area (Å²) in [4.78, 5) is 22.7. The molecule has 2 atom stereocenters. The zero-order chi connectivity index (χ0) is 11.1. The van der Waals surface area contributed by atoms with E-state index in [9.17, 15) is 9.59 Å². The molecule has 0 aliphatic heterocycles. The Hall–Kier alpha value is -0.780. The molecule has 5 nitrogen and oxygen atoms in total. The van der Waals surface area contributed by atoms with Crippen LogP contribution < -0.4 is 17.2 Å². The highest BCUT2D eigenvalue weighted by Crippen LogP contribution is 1.99. The van der Waals surface area contributed by atoms with Gasteiger partial charge in [0.25, 0.3) is 0 Å². The summed E-state index contributed by atoms with van der Waals surface area (Å²) in [6, 6.07) is -1.51. The van der Waals surface area contributed by atoms with E-state index in [1.54, 1.807) is 0 Å². The third-order valence-corrected chi connectivity index (χ3v) is 1.99. The van der Waals surface area contributed by atoms with E-state index >= 15 is 0 Å². The SMILES string of the molecule is CCC[C@H](N)C(=O)C(=O)C(N)CCN. The van der Waals surface area contributed by atoms with Crippen molar-refractivity contribution in [3.63, 3.8) is 0 Å². The summed E-state index contributed by atoms with van der Waals surface area (Å²) in [6.07, 6.45) is 1.61. The quantitative estimate of drug-likeness (QED) is 0.454. The van der Waals surface area contributed by atoms with Crippen molar-refractivity contribution in [2.45, 2.75) is 38.3 Å². The van der Waals surface area contributed by atoms with Crippen LogP contribution in [0.2, 0.25) is 0 Å². The van der Waals surface area contributed by atoms with Crippen molar-refractivity contribution in [3.05, 3.63) is 0 Å². The van der Waals surface area contributed by atoms with E-state index in [1.165, 1.54) is 0 Å². The first kappa shape index (κ1) is 13.2. The predicted octanol–water partition coefficient (Wildman–Crippen LogP) is -1.07. The van der Waals surface area contributed by atoms with Gasteiger partial charge in [0.2, 0.25) is 11.6 Å². The molecule has 0 radical (unpaired) electrons. The van der Waals surface area contributed by atoms with Crippen LogP contribution in [0.25, 0.3) is 0 Å². The van der Waals surface area contributed by atoms with Gasteiger partial charge in [0.1, 0.15) is 0 Å². The molecule has 0 aromatic heterocycles. The lowest BCUT2D eigenvalue weighted by atomic mass is 9.99. The fourth-order valence-corrected chi connectivity index (χ4v) is 1.12. The van der Waals surface area contributed by atoms with Crippen LogP contribution >= 0.6 is 0 Å². The van der Waals surface area contributed by atoms with E-state index in [0.717, 1.165) is 6.42 Å². The van der Waals surface area contributed by atoms with Gasteiger partial charge in [-0.1, -0.05) is 13.3 Å². The third-order valence-electron chi connectivity index (χ3n) is 1.99. The number of Topliss-reactive ketones (excluding diaryl/α,β-unsaturated/α-hetero) is 2. The van der Waals surface area contributed by atoms with Gasteiger partial charge in [-0.2, -0.15) is 0 Å². The lowest BCUT2D eigenvalue weighted by Crippen LogP contribution is -2.45. The predicted molar refractivity (Wildman–Crippen MR) is 54.5 cm³/mol. The monoisotopic (exact) mass is 201 g/mol. The Bertz CT molecular complexity index is 184. The van der Waals surface area contributed by atoms with Crippen LogP contribution in [0, 0.1) is 0 Å². The van der Waals surface area contributed by atoms with Gasteiger partial charge in [0.05, 0.1) is 12.1 Å². The van der Waals surface area contributed by atoms with E-state index < -0.39 is 23.7 Å². The van der Waals surface area contributed by atoms with Crippen LogP contribution in [0.1, 0.15) is 26.2 Å². The first-order valence-corrected chi connectivity index (χ1v) is 4.83. The smallest absolute Gasteiger partial charge is 0.216 e. The van der Waals surface area contributed by atoms with Crippen molar-refractivity contribution < 1.29 is 9.59 Å². The van der Waals surface area contributed by atoms with Gasteiger partial charge in [0.15, 0.2) is 0 Å². The van der Waals surface area contributed by atoms with Gasteiger partial charge < -0.3 is 17.2 Å². The second-order valence-corrected chi connectivity index (χ2v) is 3.31. The highest BCUT2D eigenvalue weighted by atomic mass is 16.2. The van der Waals surface area contributed by atoms with E-state index in [4.69, 9.17) is 17.2 Å². The Kier molecular flexibility index (Phi) is 6.27. The van der Waals surface area contributed by atoms with Crippen LogP contribution in [0.4, 0.5) is 0 Å². The zero-order valence-electron chi connectivity index (χ0n) is 8.53. The molecule has 5 heteroatoms. The lowest BCUT2D eigenvalue weighted by Gasteiger charge is -2.12. The number of nitrogens with two attached hydrogens (primary N) is 3. The molecule has 14 heavy (non-hydrogen) atoms. The summed E-state index contributed by atoms with van der Waals surface area (Å²) in [7, 11) is 0. The molecule has 0 heterocycles. The Morgan fingerprint density at radius 3 is 1.86 bits per heavy atom. The number of hydrogen-bond acceptors (Lipinski definition) is 5. The van der Waals surface area contributed by atoms with Crippen molar-refractivity contribution >= 4 is 11.6 Å². The Labute approximate surface area is 84.0 Å². The van der Waals surface area contributed by atoms with Gasteiger partial charge in [0, 0.05) is 0 Å². The molecule has 0 rings (SSSR count). The maximum absolute atomic E-state index is 11.4. The van der Waals surface area contributed by atoms with Gasteiger partial charge >= 0.3 is 0 Å². The fourth-order valence-electron chi connectivity index (χ4n) is 1.12. The third kappa shape index (κ3) is 3.95.